The van der Waals surface area contributed by atoms with E-state index in [1.54, 1.807) is 0 Å². The number of aliphatic hydroxyl groups is 1. The summed E-state index contributed by atoms with van der Waals surface area (Å²) in [6.45, 7) is 0.773. The molecule has 0 radical (unpaired) electrons. The number of aryl methyl sites for hydroxylation is 1. The van der Waals surface area contributed by atoms with Crippen molar-refractivity contribution >= 4 is 11.0 Å². The number of aliphatic hydroxyl groups excluding tert-OH is 1. The number of fused-ring (bicyclic) bond motifs is 3. The molecule has 4 rings (SSSR count). The Morgan fingerprint density at radius 2 is 1.82 bits per heavy atom. The van der Waals surface area contributed by atoms with Gasteiger partial charge in [0, 0.05) is 18.2 Å². The largest absolute Gasteiger partial charge is 0.490 e. The van der Waals surface area contributed by atoms with Gasteiger partial charge in [-0.05, 0) is 56.2 Å². The van der Waals surface area contributed by atoms with Crippen molar-refractivity contribution in [3.05, 3.63) is 39.7 Å². The molecule has 1 aromatic heterocycles. The lowest BCUT2D eigenvalue weighted by molar-refractivity contribution is 0.103. The van der Waals surface area contributed by atoms with Gasteiger partial charge in [-0.1, -0.05) is 31.7 Å². The molecular weight excluding hydrogens is 354 g/mol. The number of hydrogen-bond acceptors (Lipinski definition) is 5. The highest BCUT2D eigenvalue weighted by molar-refractivity contribution is 5.87. The van der Waals surface area contributed by atoms with Gasteiger partial charge < -0.3 is 19.6 Å². The number of hydrogen-bond donors (Lipinski definition) is 2. The van der Waals surface area contributed by atoms with Crippen LogP contribution < -0.4 is 15.7 Å². The van der Waals surface area contributed by atoms with Crippen LogP contribution in [-0.4, -0.2) is 30.4 Å². The van der Waals surface area contributed by atoms with Gasteiger partial charge in [0.15, 0.2) is 0 Å². The fourth-order valence-electron chi connectivity index (χ4n) is 4.61. The zero-order valence-electron chi connectivity index (χ0n) is 16.5. The smallest absolute Gasteiger partial charge is 0.339 e. The average Bonchev–Trinajstić information content (AvgIpc) is 2.99. The monoisotopic (exact) mass is 385 g/mol. The van der Waals surface area contributed by atoms with Gasteiger partial charge in [0.2, 0.25) is 0 Å². The van der Waals surface area contributed by atoms with Crippen LogP contribution in [0, 0.1) is 0 Å². The van der Waals surface area contributed by atoms with Crippen LogP contribution in [0.1, 0.15) is 62.5 Å². The average molecular weight is 386 g/mol. The minimum atomic E-state index is -0.565. The third-order valence-corrected chi connectivity index (χ3v) is 6.14. The van der Waals surface area contributed by atoms with E-state index in [1.807, 2.05) is 18.2 Å². The minimum Gasteiger partial charge on any atom is -0.490 e. The van der Waals surface area contributed by atoms with Gasteiger partial charge >= 0.3 is 5.63 Å². The Morgan fingerprint density at radius 3 is 2.61 bits per heavy atom. The number of ether oxygens (including phenoxy) is 1. The molecule has 1 unspecified atom stereocenters. The second kappa shape index (κ2) is 9.10. The number of benzene rings is 1. The summed E-state index contributed by atoms with van der Waals surface area (Å²) in [4.78, 5) is 12.3. The summed E-state index contributed by atoms with van der Waals surface area (Å²) in [6.07, 6.45) is 10.8. The number of nitrogens with one attached hydrogen (secondary N) is 1. The Hall–Kier alpha value is -1.85. The summed E-state index contributed by atoms with van der Waals surface area (Å²) in [5.74, 6) is 0.702. The fraction of sp³-hybridized carbons (Fsp3) is 0.609. The fourth-order valence-corrected chi connectivity index (χ4v) is 4.61. The summed E-state index contributed by atoms with van der Waals surface area (Å²) in [5.41, 5.74) is 2.23. The molecule has 5 heteroatoms. The zero-order chi connectivity index (χ0) is 19.3. The SMILES string of the molecule is O=c1oc2cccc(OCC(O)CNC3CCCCCC3)c2c2c1CCCC2. The van der Waals surface area contributed by atoms with Gasteiger partial charge in [0.05, 0.1) is 5.39 Å². The van der Waals surface area contributed by atoms with E-state index in [9.17, 15) is 9.90 Å². The maximum Gasteiger partial charge on any atom is 0.339 e. The zero-order valence-corrected chi connectivity index (χ0v) is 16.5. The van der Waals surface area contributed by atoms with E-state index < -0.39 is 6.10 Å². The first kappa shape index (κ1) is 19.5. The quantitative estimate of drug-likeness (QED) is 0.586. The molecule has 2 aliphatic rings. The highest BCUT2D eigenvalue weighted by Gasteiger charge is 2.21. The lowest BCUT2D eigenvalue weighted by atomic mass is 9.90. The molecule has 28 heavy (non-hydrogen) atoms. The van der Waals surface area contributed by atoms with Crippen molar-refractivity contribution in [1.29, 1.82) is 0 Å². The first-order chi connectivity index (χ1) is 13.7. The van der Waals surface area contributed by atoms with Gasteiger partial charge in [0.25, 0.3) is 0 Å². The predicted octanol–water partition coefficient (Wildman–Crippen LogP) is 3.72. The lowest BCUT2D eigenvalue weighted by Crippen LogP contribution is -2.37. The van der Waals surface area contributed by atoms with Crippen LogP contribution in [0.3, 0.4) is 0 Å². The summed E-state index contributed by atoms with van der Waals surface area (Å²) in [7, 11) is 0. The Morgan fingerprint density at radius 1 is 1.07 bits per heavy atom. The molecular formula is C23H31NO4. The molecule has 1 aromatic carbocycles. The van der Waals surface area contributed by atoms with Crippen molar-refractivity contribution < 1.29 is 14.3 Å². The van der Waals surface area contributed by atoms with Crippen LogP contribution in [-0.2, 0) is 12.8 Å². The van der Waals surface area contributed by atoms with Crippen LogP contribution in [0.15, 0.2) is 27.4 Å². The van der Waals surface area contributed by atoms with Crippen molar-refractivity contribution in [3.63, 3.8) is 0 Å². The molecule has 0 aliphatic heterocycles. The van der Waals surface area contributed by atoms with E-state index in [2.05, 4.69) is 5.32 Å². The van der Waals surface area contributed by atoms with E-state index in [1.165, 1.54) is 38.5 Å². The van der Waals surface area contributed by atoms with E-state index in [0.29, 0.717) is 23.9 Å². The predicted molar refractivity (Wildman–Crippen MR) is 110 cm³/mol. The Balaban J connectivity index is 1.43. The number of rotatable bonds is 6. The first-order valence-electron chi connectivity index (χ1n) is 10.8. The molecule has 1 saturated carbocycles. The molecule has 1 atom stereocenters. The summed E-state index contributed by atoms with van der Waals surface area (Å²) >= 11 is 0. The van der Waals surface area contributed by atoms with Crippen molar-refractivity contribution in [2.75, 3.05) is 13.2 Å². The topological polar surface area (TPSA) is 71.7 Å². The molecule has 0 saturated heterocycles. The normalized spacial score (nSPS) is 19.2. The van der Waals surface area contributed by atoms with Gasteiger partial charge in [-0.3, -0.25) is 0 Å². The van der Waals surface area contributed by atoms with Crippen molar-refractivity contribution in [3.8, 4) is 5.75 Å². The Kier molecular flexibility index (Phi) is 6.33. The summed E-state index contributed by atoms with van der Waals surface area (Å²) in [6, 6.07) is 6.08. The lowest BCUT2D eigenvalue weighted by Gasteiger charge is -2.21. The van der Waals surface area contributed by atoms with Gasteiger partial charge in [-0.2, -0.15) is 0 Å². The summed E-state index contributed by atoms with van der Waals surface area (Å²) in [5, 5.41) is 14.8. The highest BCUT2D eigenvalue weighted by Crippen LogP contribution is 2.33. The maximum absolute atomic E-state index is 12.3. The van der Waals surface area contributed by atoms with E-state index in [-0.39, 0.29) is 12.2 Å². The molecule has 1 fully saturated rings. The molecule has 0 bridgehead atoms. The molecule has 152 valence electrons. The molecule has 0 spiro atoms. The van der Waals surface area contributed by atoms with Crippen molar-refractivity contribution in [2.45, 2.75) is 76.4 Å². The van der Waals surface area contributed by atoms with E-state index in [0.717, 1.165) is 42.2 Å². The molecule has 1 heterocycles. The molecule has 2 aliphatic carbocycles. The third-order valence-electron chi connectivity index (χ3n) is 6.14. The summed E-state index contributed by atoms with van der Waals surface area (Å²) < 4.78 is 11.5. The van der Waals surface area contributed by atoms with Gasteiger partial charge in [0.1, 0.15) is 24.0 Å². The van der Waals surface area contributed by atoms with Crippen LogP contribution in [0.25, 0.3) is 11.0 Å². The van der Waals surface area contributed by atoms with Crippen LogP contribution in [0.2, 0.25) is 0 Å². The minimum absolute atomic E-state index is 0.216. The van der Waals surface area contributed by atoms with Crippen LogP contribution >= 0.6 is 0 Å². The van der Waals surface area contributed by atoms with Crippen molar-refractivity contribution in [1.82, 2.24) is 5.32 Å². The van der Waals surface area contributed by atoms with Gasteiger partial charge in [-0.25, -0.2) is 4.79 Å². The molecule has 5 nitrogen and oxygen atoms in total. The Bertz CT molecular complexity index is 852. The van der Waals surface area contributed by atoms with E-state index in [4.69, 9.17) is 9.15 Å². The second-order valence-corrected chi connectivity index (χ2v) is 8.24. The van der Waals surface area contributed by atoms with Gasteiger partial charge in [-0.15, -0.1) is 0 Å². The molecule has 2 aromatic rings. The first-order valence-corrected chi connectivity index (χ1v) is 10.8. The highest BCUT2D eigenvalue weighted by atomic mass is 16.5. The standard InChI is InChI=1S/C23H31NO4/c25-17(14-24-16-8-3-1-2-4-9-16)15-27-20-12-7-13-21-22(20)18-10-5-6-11-19(18)23(26)28-21/h7,12-13,16-17,24-25H,1-6,8-11,14-15H2. The Labute approximate surface area is 166 Å². The molecule has 2 N–H and O–H groups in total. The molecule has 0 amide bonds. The van der Waals surface area contributed by atoms with E-state index >= 15 is 0 Å². The van der Waals surface area contributed by atoms with Crippen LogP contribution in [0.5, 0.6) is 5.75 Å². The van der Waals surface area contributed by atoms with Crippen LogP contribution in [0.4, 0.5) is 0 Å². The van der Waals surface area contributed by atoms with Crippen molar-refractivity contribution in [2.24, 2.45) is 0 Å². The third kappa shape index (κ3) is 4.41. The maximum atomic E-state index is 12.3. The second-order valence-electron chi connectivity index (χ2n) is 8.24.